The predicted octanol–water partition coefficient (Wildman–Crippen LogP) is 2.76. The molecule has 3 rings (SSSR count). The molecular formula is C14H13ClN4OS. The Morgan fingerprint density at radius 2 is 2.33 bits per heavy atom. The van der Waals surface area contributed by atoms with Crippen LogP contribution in [0.5, 0.6) is 0 Å². The number of nitrogens with two attached hydrogens (primary N) is 1. The summed E-state index contributed by atoms with van der Waals surface area (Å²) in [7, 11) is 0. The number of aromatic nitrogens is 2. The molecule has 0 spiro atoms. The molecule has 0 saturated heterocycles. The van der Waals surface area contributed by atoms with E-state index in [9.17, 15) is 4.79 Å². The number of benzene rings is 1. The van der Waals surface area contributed by atoms with Gasteiger partial charge in [-0.2, -0.15) is 0 Å². The Labute approximate surface area is 130 Å². The zero-order chi connectivity index (χ0) is 14.8. The van der Waals surface area contributed by atoms with Gasteiger partial charge in [-0.05, 0) is 18.2 Å². The van der Waals surface area contributed by atoms with E-state index < -0.39 is 0 Å². The highest BCUT2D eigenvalue weighted by molar-refractivity contribution is 7.21. The van der Waals surface area contributed by atoms with Crippen LogP contribution in [0.25, 0.3) is 10.1 Å². The monoisotopic (exact) mass is 320 g/mol. The lowest BCUT2D eigenvalue weighted by Gasteiger charge is -2.05. The van der Waals surface area contributed by atoms with E-state index in [2.05, 4.69) is 10.3 Å². The van der Waals surface area contributed by atoms with Crippen LogP contribution in [0.3, 0.4) is 0 Å². The lowest BCUT2D eigenvalue weighted by molar-refractivity contribution is 0.0957. The summed E-state index contributed by atoms with van der Waals surface area (Å²) in [5, 5.41) is 4.30. The molecule has 0 aliphatic carbocycles. The molecule has 108 valence electrons. The van der Waals surface area contributed by atoms with Gasteiger partial charge in [0.25, 0.3) is 5.91 Å². The summed E-state index contributed by atoms with van der Waals surface area (Å²) in [6, 6.07) is 5.45. The fourth-order valence-electron chi connectivity index (χ4n) is 2.06. The smallest absolute Gasteiger partial charge is 0.263 e. The number of hydrogen-bond acceptors (Lipinski definition) is 4. The number of nitrogen functional groups attached to an aromatic ring is 1. The third-order valence-electron chi connectivity index (χ3n) is 3.11. The lowest BCUT2D eigenvalue weighted by atomic mass is 10.2. The second-order valence-electron chi connectivity index (χ2n) is 4.54. The van der Waals surface area contributed by atoms with E-state index in [4.69, 9.17) is 17.3 Å². The van der Waals surface area contributed by atoms with Gasteiger partial charge < -0.3 is 15.6 Å². The highest BCUT2D eigenvalue weighted by Crippen LogP contribution is 2.35. The number of carbonyl (C=O) groups excluding carboxylic acids is 1. The van der Waals surface area contributed by atoms with Crippen molar-refractivity contribution < 1.29 is 4.79 Å². The molecule has 1 amide bonds. The van der Waals surface area contributed by atoms with Gasteiger partial charge in [-0.1, -0.05) is 11.6 Å². The number of anilines is 1. The summed E-state index contributed by atoms with van der Waals surface area (Å²) in [6.07, 6.45) is 5.26. The Morgan fingerprint density at radius 1 is 1.48 bits per heavy atom. The first-order valence-electron chi connectivity index (χ1n) is 6.36. The van der Waals surface area contributed by atoms with E-state index in [1.165, 1.54) is 11.3 Å². The highest BCUT2D eigenvalue weighted by atomic mass is 35.5. The minimum absolute atomic E-state index is 0.162. The van der Waals surface area contributed by atoms with Gasteiger partial charge in [-0.15, -0.1) is 11.3 Å². The maximum Gasteiger partial charge on any atom is 0.263 e. The van der Waals surface area contributed by atoms with Crippen molar-refractivity contribution in [3.05, 3.63) is 46.8 Å². The van der Waals surface area contributed by atoms with E-state index in [1.807, 2.05) is 16.8 Å². The molecule has 0 aliphatic heterocycles. The predicted molar refractivity (Wildman–Crippen MR) is 85.8 cm³/mol. The van der Waals surface area contributed by atoms with Crippen molar-refractivity contribution in [1.29, 1.82) is 0 Å². The molecule has 5 nitrogen and oxygen atoms in total. The molecule has 2 heterocycles. The molecular weight excluding hydrogens is 308 g/mol. The van der Waals surface area contributed by atoms with Crippen molar-refractivity contribution in [3.63, 3.8) is 0 Å². The Hall–Kier alpha value is -2.05. The van der Waals surface area contributed by atoms with E-state index >= 15 is 0 Å². The number of imidazole rings is 1. The number of carbonyl (C=O) groups is 1. The van der Waals surface area contributed by atoms with E-state index in [0.717, 1.165) is 10.1 Å². The van der Waals surface area contributed by atoms with Crippen molar-refractivity contribution in [2.24, 2.45) is 0 Å². The topological polar surface area (TPSA) is 72.9 Å². The summed E-state index contributed by atoms with van der Waals surface area (Å²) < 4.78 is 2.85. The largest absolute Gasteiger partial charge is 0.397 e. The standard InChI is InChI=1S/C14H13ClN4OS/c15-9-1-2-11-10(7-9)12(16)13(21-11)14(20)18-4-6-19-5-3-17-8-19/h1-3,5,7-8H,4,6,16H2,(H,18,20). The number of amides is 1. The molecule has 0 radical (unpaired) electrons. The molecule has 3 N–H and O–H groups in total. The molecule has 0 atom stereocenters. The molecule has 1 aromatic carbocycles. The summed E-state index contributed by atoms with van der Waals surface area (Å²) in [5.74, 6) is -0.162. The Bertz CT molecular complexity index is 782. The first kappa shape index (κ1) is 13.9. The third kappa shape index (κ3) is 2.86. The average molecular weight is 321 g/mol. The van der Waals surface area contributed by atoms with E-state index in [0.29, 0.717) is 28.7 Å². The summed E-state index contributed by atoms with van der Waals surface area (Å²) in [4.78, 5) is 16.7. The molecule has 7 heteroatoms. The minimum Gasteiger partial charge on any atom is -0.397 e. The van der Waals surface area contributed by atoms with Gasteiger partial charge in [0.1, 0.15) is 4.88 Å². The van der Waals surface area contributed by atoms with Crippen molar-refractivity contribution >= 4 is 44.6 Å². The van der Waals surface area contributed by atoms with Crippen LogP contribution < -0.4 is 11.1 Å². The van der Waals surface area contributed by atoms with Crippen LogP contribution in [0.1, 0.15) is 9.67 Å². The van der Waals surface area contributed by atoms with E-state index in [1.54, 1.807) is 24.7 Å². The zero-order valence-electron chi connectivity index (χ0n) is 11.0. The van der Waals surface area contributed by atoms with Crippen molar-refractivity contribution in [2.75, 3.05) is 12.3 Å². The quantitative estimate of drug-likeness (QED) is 0.776. The number of hydrogen-bond donors (Lipinski definition) is 2. The van der Waals surface area contributed by atoms with Gasteiger partial charge >= 0.3 is 0 Å². The molecule has 0 bridgehead atoms. The number of halogens is 1. The summed E-state index contributed by atoms with van der Waals surface area (Å²) in [5.41, 5.74) is 6.53. The van der Waals surface area contributed by atoms with Gasteiger partial charge in [0, 0.05) is 40.6 Å². The number of fused-ring (bicyclic) bond motifs is 1. The SMILES string of the molecule is Nc1c(C(=O)NCCn2ccnc2)sc2ccc(Cl)cc12. The molecule has 3 aromatic rings. The van der Waals surface area contributed by atoms with Gasteiger partial charge in [-0.25, -0.2) is 4.98 Å². The Morgan fingerprint density at radius 3 is 3.10 bits per heavy atom. The molecule has 0 fully saturated rings. The van der Waals surface area contributed by atoms with Crippen LogP contribution >= 0.6 is 22.9 Å². The van der Waals surface area contributed by atoms with Gasteiger partial charge in [0.15, 0.2) is 0 Å². The van der Waals surface area contributed by atoms with Gasteiger partial charge in [0.05, 0.1) is 12.0 Å². The summed E-state index contributed by atoms with van der Waals surface area (Å²) >= 11 is 7.33. The van der Waals surface area contributed by atoms with Crippen LogP contribution in [-0.4, -0.2) is 22.0 Å². The first-order valence-corrected chi connectivity index (χ1v) is 7.56. The molecule has 21 heavy (non-hydrogen) atoms. The van der Waals surface area contributed by atoms with Gasteiger partial charge in [-0.3, -0.25) is 4.79 Å². The fourth-order valence-corrected chi connectivity index (χ4v) is 3.25. The van der Waals surface area contributed by atoms with Gasteiger partial charge in [0.2, 0.25) is 0 Å². The van der Waals surface area contributed by atoms with Crippen LogP contribution in [0.15, 0.2) is 36.9 Å². The number of nitrogens with one attached hydrogen (secondary N) is 1. The van der Waals surface area contributed by atoms with Crippen LogP contribution in [0.4, 0.5) is 5.69 Å². The second kappa shape index (κ2) is 5.75. The van der Waals surface area contributed by atoms with Crippen LogP contribution in [0.2, 0.25) is 5.02 Å². The van der Waals surface area contributed by atoms with E-state index in [-0.39, 0.29) is 5.91 Å². The Balaban J connectivity index is 1.73. The van der Waals surface area contributed by atoms with Crippen molar-refractivity contribution in [3.8, 4) is 0 Å². The maximum absolute atomic E-state index is 12.2. The second-order valence-corrected chi connectivity index (χ2v) is 6.03. The molecule has 2 aromatic heterocycles. The minimum atomic E-state index is -0.162. The number of nitrogens with zero attached hydrogens (tertiary/aromatic N) is 2. The highest BCUT2D eigenvalue weighted by Gasteiger charge is 2.16. The normalized spacial score (nSPS) is 10.9. The molecule has 0 aliphatic rings. The third-order valence-corrected chi connectivity index (χ3v) is 4.53. The summed E-state index contributed by atoms with van der Waals surface area (Å²) in [6.45, 7) is 1.19. The van der Waals surface area contributed by atoms with Crippen molar-refractivity contribution in [2.45, 2.75) is 6.54 Å². The van der Waals surface area contributed by atoms with Crippen LogP contribution in [0, 0.1) is 0 Å². The lowest BCUT2D eigenvalue weighted by Crippen LogP contribution is -2.26. The molecule has 0 unspecified atom stereocenters. The van der Waals surface area contributed by atoms with Crippen LogP contribution in [-0.2, 0) is 6.54 Å². The van der Waals surface area contributed by atoms with Crippen molar-refractivity contribution in [1.82, 2.24) is 14.9 Å². The number of rotatable bonds is 4. The molecule has 0 saturated carbocycles. The zero-order valence-corrected chi connectivity index (χ0v) is 12.6. The Kier molecular flexibility index (Phi) is 3.81. The first-order chi connectivity index (χ1) is 10.1. The maximum atomic E-state index is 12.2. The fraction of sp³-hybridized carbons (Fsp3) is 0.143. The number of thiophene rings is 1. The average Bonchev–Trinajstić information content (AvgIpc) is 3.08.